The van der Waals surface area contributed by atoms with E-state index in [4.69, 9.17) is 4.42 Å². The van der Waals surface area contributed by atoms with E-state index in [1.807, 2.05) is 29.7 Å². The van der Waals surface area contributed by atoms with E-state index in [1.165, 1.54) is 23.1 Å². The highest BCUT2D eigenvalue weighted by molar-refractivity contribution is 7.99. The first-order valence-corrected chi connectivity index (χ1v) is 8.79. The second kappa shape index (κ2) is 6.97. The molecule has 0 fully saturated rings. The summed E-state index contributed by atoms with van der Waals surface area (Å²) in [7, 11) is 0. The summed E-state index contributed by atoms with van der Waals surface area (Å²) in [6.45, 7) is 6.31. The number of carbonyl (C=O) groups is 1. The lowest BCUT2D eigenvalue weighted by atomic mass is 10.3. The maximum absolute atomic E-state index is 12.2. The highest BCUT2D eigenvalue weighted by Crippen LogP contribution is 2.26. The summed E-state index contributed by atoms with van der Waals surface area (Å²) in [5.74, 6) is 1.71. The number of rotatable bonds is 7. The van der Waals surface area contributed by atoms with Crippen LogP contribution in [0.1, 0.15) is 14.5 Å². The van der Waals surface area contributed by atoms with Gasteiger partial charge in [0.05, 0.1) is 16.9 Å². The number of Topliss-reactive ketones (excluding diaryl/α,β-unsaturated/α-hetero) is 1. The Kier molecular flexibility index (Phi) is 4.78. The summed E-state index contributed by atoms with van der Waals surface area (Å²) in [4.78, 5) is 14.1. The fourth-order valence-electron chi connectivity index (χ4n) is 2.06. The topological polar surface area (TPSA) is 60.9 Å². The molecule has 0 aromatic carbocycles. The zero-order valence-electron chi connectivity index (χ0n) is 12.6. The molecule has 5 nitrogen and oxygen atoms in total. The lowest BCUT2D eigenvalue weighted by Gasteiger charge is -2.05. The zero-order chi connectivity index (χ0) is 16.2. The molecular weight excluding hydrogens is 330 g/mol. The Labute approximate surface area is 142 Å². The molecule has 0 N–H and O–H groups in total. The Bertz CT molecular complexity index is 818. The van der Waals surface area contributed by atoms with Crippen LogP contribution >= 0.6 is 23.1 Å². The predicted octanol–water partition coefficient (Wildman–Crippen LogP) is 4.07. The number of nitrogens with zero attached hydrogens (tertiary/aromatic N) is 3. The molecule has 0 spiro atoms. The SMILES string of the molecule is C=CCn1c(SCC(=O)c2ccc(C)s2)nnc1-c1ccco1. The Morgan fingerprint density at radius 1 is 1.43 bits per heavy atom. The normalized spacial score (nSPS) is 10.8. The Morgan fingerprint density at radius 2 is 2.30 bits per heavy atom. The van der Waals surface area contributed by atoms with Gasteiger partial charge in [0.1, 0.15) is 0 Å². The summed E-state index contributed by atoms with van der Waals surface area (Å²) in [6.07, 6.45) is 3.36. The first-order valence-electron chi connectivity index (χ1n) is 6.99. The predicted molar refractivity (Wildman–Crippen MR) is 92.0 cm³/mol. The fourth-order valence-corrected chi connectivity index (χ4v) is 3.79. The third-order valence-corrected chi connectivity index (χ3v) is 5.13. The largest absolute Gasteiger partial charge is 0.461 e. The number of hydrogen-bond donors (Lipinski definition) is 0. The van der Waals surface area contributed by atoms with E-state index in [-0.39, 0.29) is 5.78 Å². The number of furan rings is 1. The molecule has 3 aromatic heterocycles. The van der Waals surface area contributed by atoms with Crippen LogP contribution in [0, 0.1) is 6.92 Å². The Balaban J connectivity index is 1.77. The van der Waals surface area contributed by atoms with Crippen LogP contribution in [0.15, 0.2) is 52.8 Å². The number of thiophene rings is 1. The van der Waals surface area contributed by atoms with Gasteiger partial charge in [-0.3, -0.25) is 9.36 Å². The fraction of sp³-hybridized carbons (Fsp3) is 0.188. The average Bonchev–Trinajstić information content (AvgIpc) is 3.25. The minimum absolute atomic E-state index is 0.0980. The first kappa shape index (κ1) is 15.8. The van der Waals surface area contributed by atoms with Gasteiger partial charge in [0.2, 0.25) is 5.82 Å². The van der Waals surface area contributed by atoms with E-state index < -0.39 is 0 Å². The smallest absolute Gasteiger partial charge is 0.200 e. The van der Waals surface area contributed by atoms with Crippen LogP contribution in [0.25, 0.3) is 11.6 Å². The van der Waals surface area contributed by atoms with E-state index in [0.717, 1.165) is 9.75 Å². The number of ketones is 1. The van der Waals surface area contributed by atoms with E-state index in [0.29, 0.717) is 29.0 Å². The molecule has 3 rings (SSSR count). The van der Waals surface area contributed by atoms with Crippen LogP contribution in [-0.4, -0.2) is 26.3 Å². The van der Waals surface area contributed by atoms with Crippen LogP contribution in [0.4, 0.5) is 0 Å². The monoisotopic (exact) mass is 345 g/mol. The van der Waals surface area contributed by atoms with Crippen LogP contribution in [0.2, 0.25) is 0 Å². The third-order valence-electron chi connectivity index (χ3n) is 3.12. The van der Waals surface area contributed by atoms with Crippen molar-refractivity contribution in [2.24, 2.45) is 0 Å². The van der Waals surface area contributed by atoms with Gasteiger partial charge in [0.15, 0.2) is 16.7 Å². The highest BCUT2D eigenvalue weighted by atomic mass is 32.2. The van der Waals surface area contributed by atoms with Crippen LogP contribution in [0.5, 0.6) is 0 Å². The van der Waals surface area contributed by atoms with E-state index in [1.54, 1.807) is 18.4 Å². The van der Waals surface area contributed by atoms with E-state index >= 15 is 0 Å². The lowest BCUT2D eigenvalue weighted by Crippen LogP contribution is -2.04. The molecule has 0 aliphatic heterocycles. The van der Waals surface area contributed by atoms with Crippen molar-refractivity contribution < 1.29 is 9.21 Å². The standard InChI is InChI=1S/C16H15N3O2S2/c1-3-8-19-15(13-5-4-9-21-13)17-18-16(19)22-10-12(20)14-7-6-11(2)23-14/h3-7,9H,1,8,10H2,2H3. The van der Waals surface area contributed by atoms with Crippen molar-refractivity contribution in [3.8, 4) is 11.6 Å². The molecule has 118 valence electrons. The van der Waals surface area contributed by atoms with E-state index in [2.05, 4.69) is 16.8 Å². The van der Waals surface area contributed by atoms with Gasteiger partial charge in [-0.15, -0.1) is 28.1 Å². The molecule has 3 aromatic rings. The molecule has 0 aliphatic rings. The number of carbonyl (C=O) groups excluding carboxylic acids is 1. The number of aryl methyl sites for hydroxylation is 1. The number of hydrogen-bond acceptors (Lipinski definition) is 6. The summed E-state index contributed by atoms with van der Waals surface area (Å²) in [5.41, 5.74) is 0. The van der Waals surface area contributed by atoms with Crippen LogP contribution in [0.3, 0.4) is 0 Å². The van der Waals surface area contributed by atoms with Gasteiger partial charge in [-0.1, -0.05) is 17.8 Å². The van der Waals surface area contributed by atoms with E-state index in [9.17, 15) is 4.79 Å². The second-order valence-electron chi connectivity index (χ2n) is 4.80. The van der Waals surface area contributed by atoms with Crippen LogP contribution < -0.4 is 0 Å². The zero-order valence-corrected chi connectivity index (χ0v) is 14.2. The molecule has 23 heavy (non-hydrogen) atoms. The minimum Gasteiger partial charge on any atom is -0.461 e. The number of allylic oxidation sites excluding steroid dienone is 1. The number of thioether (sulfide) groups is 1. The highest BCUT2D eigenvalue weighted by Gasteiger charge is 2.17. The molecule has 3 heterocycles. The summed E-state index contributed by atoms with van der Waals surface area (Å²) < 4.78 is 7.28. The summed E-state index contributed by atoms with van der Waals surface area (Å²) in [5, 5.41) is 9.03. The van der Waals surface area contributed by atoms with Crippen molar-refractivity contribution >= 4 is 28.9 Å². The second-order valence-corrected chi connectivity index (χ2v) is 7.04. The number of aromatic nitrogens is 3. The van der Waals surface area contributed by atoms with Gasteiger partial charge >= 0.3 is 0 Å². The van der Waals surface area contributed by atoms with Gasteiger partial charge < -0.3 is 4.42 Å². The van der Waals surface area contributed by atoms with Crippen molar-refractivity contribution in [3.63, 3.8) is 0 Å². The first-order chi connectivity index (χ1) is 11.2. The van der Waals surface area contributed by atoms with Crippen molar-refractivity contribution in [2.45, 2.75) is 18.6 Å². The molecular formula is C16H15N3O2S2. The Hall–Kier alpha value is -2.12. The van der Waals surface area contributed by atoms with Gasteiger partial charge in [0.25, 0.3) is 0 Å². The Morgan fingerprint density at radius 3 is 2.96 bits per heavy atom. The summed E-state index contributed by atoms with van der Waals surface area (Å²) in [6, 6.07) is 7.46. The molecule has 0 radical (unpaired) electrons. The molecule has 0 aliphatic carbocycles. The molecule has 0 saturated heterocycles. The lowest BCUT2D eigenvalue weighted by molar-refractivity contribution is 0.102. The maximum atomic E-state index is 12.2. The molecule has 0 unspecified atom stereocenters. The third kappa shape index (κ3) is 3.46. The molecule has 0 amide bonds. The van der Waals surface area contributed by atoms with Crippen molar-refractivity contribution in [3.05, 3.63) is 52.9 Å². The van der Waals surface area contributed by atoms with Crippen LogP contribution in [-0.2, 0) is 6.54 Å². The van der Waals surface area contributed by atoms with Crippen molar-refractivity contribution in [1.82, 2.24) is 14.8 Å². The molecule has 0 bridgehead atoms. The molecule has 7 heteroatoms. The molecule has 0 atom stereocenters. The van der Waals surface area contributed by atoms with Crippen molar-refractivity contribution in [1.29, 1.82) is 0 Å². The summed E-state index contributed by atoms with van der Waals surface area (Å²) >= 11 is 2.89. The van der Waals surface area contributed by atoms with Gasteiger partial charge in [-0.2, -0.15) is 0 Å². The van der Waals surface area contributed by atoms with Gasteiger partial charge in [-0.25, -0.2) is 0 Å². The maximum Gasteiger partial charge on any atom is 0.200 e. The molecule has 0 saturated carbocycles. The van der Waals surface area contributed by atoms with Gasteiger partial charge in [-0.05, 0) is 31.2 Å². The van der Waals surface area contributed by atoms with Crippen molar-refractivity contribution in [2.75, 3.05) is 5.75 Å². The van der Waals surface area contributed by atoms with Gasteiger partial charge in [0, 0.05) is 11.4 Å². The average molecular weight is 345 g/mol. The minimum atomic E-state index is 0.0980. The quantitative estimate of drug-likeness (QED) is 0.367.